The normalized spacial score (nSPS) is 21.4. The maximum absolute atomic E-state index is 11.2. The monoisotopic (exact) mass is 251 g/mol. The van der Waals surface area contributed by atoms with Crippen molar-refractivity contribution in [2.45, 2.75) is 19.5 Å². The largest absolute Gasteiger partial charge is 0.480 e. The van der Waals surface area contributed by atoms with Gasteiger partial charge in [0.1, 0.15) is 6.04 Å². The van der Waals surface area contributed by atoms with Crippen molar-refractivity contribution in [2.75, 3.05) is 18.1 Å². The van der Waals surface area contributed by atoms with Crippen LogP contribution in [0.3, 0.4) is 0 Å². The Balaban J connectivity index is 2.08. The Morgan fingerprint density at radius 2 is 2.41 bits per heavy atom. The predicted octanol–water partition coefficient (Wildman–Crippen LogP) is 2.00. The minimum atomic E-state index is -0.704. The lowest BCUT2D eigenvalue weighted by Gasteiger charge is -2.32. The average Bonchev–Trinajstić information content (AvgIpc) is 2.29. The molecule has 1 aromatic carbocycles. The van der Waals surface area contributed by atoms with Gasteiger partial charge in [-0.05, 0) is 12.5 Å². The third kappa shape index (κ3) is 3.23. The van der Waals surface area contributed by atoms with Gasteiger partial charge in [0.05, 0.1) is 0 Å². The van der Waals surface area contributed by atoms with E-state index in [0.29, 0.717) is 5.75 Å². The highest BCUT2D eigenvalue weighted by atomic mass is 32.2. The van der Waals surface area contributed by atoms with E-state index in [-0.39, 0.29) is 6.04 Å². The number of carbonyl (C=O) groups is 1. The highest BCUT2D eigenvalue weighted by Gasteiger charge is 2.28. The number of nitrogens with zero attached hydrogens (tertiary/aromatic N) is 1. The van der Waals surface area contributed by atoms with Crippen LogP contribution in [0.2, 0.25) is 0 Å². The van der Waals surface area contributed by atoms with Crippen LogP contribution in [0.1, 0.15) is 11.1 Å². The molecule has 1 unspecified atom stereocenters. The molecule has 0 spiro atoms. The summed E-state index contributed by atoms with van der Waals surface area (Å²) in [6, 6.07) is 7.94. The molecule has 0 amide bonds. The molecule has 17 heavy (non-hydrogen) atoms. The summed E-state index contributed by atoms with van der Waals surface area (Å²) in [7, 11) is 0. The van der Waals surface area contributed by atoms with Crippen molar-refractivity contribution in [3.63, 3.8) is 0 Å². The minimum absolute atomic E-state index is 0.339. The lowest BCUT2D eigenvalue weighted by molar-refractivity contribution is -0.142. The second-order valence-corrected chi connectivity index (χ2v) is 5.54. The van der Waals surface area contributed by atoms with Crippen molar-refractivity contribution in [3.8, 4) is 0 Å². The number of benzene rings is 1. The van der Waals surface area contributed by atoms with Crippen molar-refractivity contribution in [2.24, 2.45) is 0 Å². The first-order chi connectivity index (χ1) is 8.16. The molecule has 1 aliphatic heterocycles. The number of hydrogen-bond donors (Lipinski definition) is 1. The standard InChI is InChI=1S/C13H17NO2S/c1-10-3-2-4-11(7-10)8-14-5-6-17-9-12(14)13(15)16/h2-4,7,12H,5-6,8-9H2,1H3,(H,15,16). The minimum Gasteiger partial charge on any atom is -0.480 e. The molecular formula is C13H17NO2S. The van der Waals surface area contributed by atoms with Crippen LogP contribution in [0.5, 0.6) is 0 Å². The number of thioether (sulfide) groups is 1. The summed E-state index contributed by atoms with van der Waals surface area (Å²) in [6.45, 7) is 3.65. The van der Waals surface area contributed by atoms with Gasteiger partial charge in [-0.1, -0.05) is 29.8 Å². The SMILES string of the molecule is Cc1cccc(CN2CCSCC2C(=O)O)c1. The number of aryl methyl sites for hydroxylation is 1. The van der Waals surface area contributed by atoms with Crippen LogP contribution in [-0.4, -0.2) is 40.1 Å². The van der Waals surface area contributed by atoms with E-state index in [1.165, 1.54) is 11.1 Å². The number of carboxylic acids is 1. The van der Waals surface area contributed by atoms with Crippen LogP contribution < -0.4 is 0 Å². The van der Waals surface area contributed by atoms with Crippen molar-refractivity contribution in [1.82, 2.24) is 4.90 Å². The molecule has 1 N–H and O–H groups in total. The van der Waals surface area contributed by atoms with Crippen LogP contribution >= 0.6 is 11.8 Å². The van der Waals surface area contributed by atoms with Gasteiger partial charge < -0.3 is 5.11 Å². The van der Waals surface area contributed by atoms with Gasteiger partial charge in [0.25, 0.3) is 0 Å². The third-order valence-corrected chi connectivity index (χ3v) is 4.02. The van der Waals surface area contributed by atoms with Crippen LogP contribution in [0.25, 0.3) is 0 Å². The number of hydrogen-bond acceptors (Lipinski definition) is 3. The molecule has 1 aliphatic rings. The van der Waals surface area contributed by atoms with Gasteiger partial charge in [-0.3, -0.25) is 9.69 Å². The quantitative estimate of drug-likeness (QED) is 0.892. The Kier molecular flexibility index (Phi) is 4.07. The maximum Gasteiger partial charge on any atom is 0.321 e. The molecule has 1 heterocycles. The van der Waals surface area contributed by atoms with E-state index in [2.05, 4.69) is 30.0 Å². The maximum atomic E-state index is 11.2. The average molecular weight is 251 g/mol. The van der Waals surface area contributed by atoms with Gasteiger partial charge >= 0.3 is 5.97 Å². The van der Waals surface area contributed by atoms with Gasteiger partial charge in [-0.15, -0.1) is 0 Å². The first-order valence-corrected chi connectivity index (χ1v) is 6.92. The molecule has 0 radical (unpaired) electrons. The zero-order valence-electron chi connectivity index (χ0n) is 9.93. The summed E-state index contributed by atoms with van der Waals surface area (Å²) in [4.78, 5) is 13.2. The van der Waals surface area contributed by atoms with Gasteiger partial charge in [0.15, 0.2) is 0 Å². The van der Waals surface area contributed by atoms with Gasteiger partial charge in [0.2, 0.25) is 0 Å². The van der Waals surface area contributed by atoms with Gasteiger partial charge in [-0.25, -0.2) is 0 Å². The molecule has 0 aromatic heterocycles. The smallest absolute Gasteiger partial charge is 0.321 e. The summed E-state index contributed by atoms with van der Waals surface area (Å²) in [5.41, 5.74) is 2.42. The van der Waals surface area contributed by atoms with Crippen LogP contribution in [0.15, 0.2) is 24.3 Å². The van der Waals surface area contributed by atoms with Crippen molar-refractivity contribution >= 4 is 17.7 Å². The lowest BCUT2D eigenvalue weighted by Crippen LogP contribution is -2.46. The molecule has 1 saturated heterocycles. The molecule has 3 nitrogen and oxygen atoms in total. The molecular weight excluding hydrogens is 234 g/mol. The first kappa shape index (κ1) is 12.5. The summed E-state index contributed by atoms with van der Waals surface area (Å²) in [5, 5.41) is 9.19. The molecule has 0 aliphatic carbocycles. The van der Waals surface area contributed by atoms with E-state index in [9.17, 15) is 9.90 Å². The highest BCUT2D eigenvalue weighted by Crippen LogP contribution is 2.19. The topological polar surface area (TPSA) is 40.5 Å². The number of carboxylic acid groups (broad SMARTS) is 1. The van der Waals surface area contributed by atoms with Crippen molar-refractivity contribution in [3.05, 3.63) is 35.4 Å². The summed E-state index contributed by atoms with van der Waals surface area (Å²) < 4.78 is 0. The molecule has 2 rings (SSSR count). The van der Waals surface area contributed by atoms with E-state index in [1.54, 1.807) is 11.8 Å². The molecule has 1 atom stereocenters. The predicted molar refractivity (Wildman–Crippen MR) is 70.3 cm³/mol. The van der Waals surface area contributed by atoms with Crippen LogP contribution in [-0.2, 0) is 11.3 Å². The zero-order chi connectivity index (χ0) is 12.3. The molecule has 92 valence electrons. The van der Waals surface area contributed by atoms with E-state index < -0.39 is 5.97 Å². The highest BCUT2D eigenvalue weighted by molar-refractivity contribution is 7.99. The zero-order valence-corrected chi connectivity index (χ0v) is 10.7. The summed E-state index contributed by atoms with van der Waals surface area (Å²) >= 11 is 1.73. The van der Waals surface area contributed by atoms with Crippen molar-refractivity contribution < 1.29 is 9.90 Å². The molecule has 4 heteroatoms. The van der Waals surface area contributed by atoms with Gasteiger partial charge in [-0.2, -0.15) is 11.8 Å². The molecule has 1 aromatic rings. The fourth-order valence-electron chi connectivity index (χ4n) is 2.10. The second-order valence-electron chi connectivity index (χ2n) is 4.39. The van der Waals surface area contributed by atoms with Crippen LogP contribution in [0, 0.1) is 6.92 Å². The Morgan fingerprint density at radius 1 is 1.59 bits per heavy atom. The Labute approximate surface area is 106 Å². The van der Waals surface area contributed by atoms with E-state index in [0.717, 1.165) is 18.8 Å². The molecule has 1 fully saturated rings. The second kappa shape index (κ2) is 5.56. The molecule has 0 bridgehead atoms. The summed E-state index contributed by atoms with van der Waals surface area (Å²) in [6.07, 6.45) is 0. The Hall–Kier alpha value is -1.00. The fourth-order valence-corrected chi connectivity index (χ4v) is 3.21. The number of aliphatic carboxylic acids is 1. The Bertz CT molecular complexity index is 408. The fraction of sp³-hybridized carbons (Fsp3) is 0.462. The number of rotatable bonds is 3. The van der Waals surface area contributed by atoms with E-state index >= 15 is 0 Å². The van der Waals surface area contributed by atoms with Crippen molar-refractivity contribution in [1.29, 1.82) is 0 Å². The first-order valence-electron chi connectivity index (χ1n) is 5.77. The van der Waals surface area contributed by atoms with E-state index in [1.807, 2.05) is 6.07 Å². The van der Waals surface area contributed by atoms with E-state index in [4.69, 9.17) is 0 Å². The summed E-state index contributed by atoms with van der Waals surface area (Å²) in [5.74, 6) is 1.02. The lowest BCUT2D eigenvalue weighted by atomic mass is 10.1. The molecule has 0 saturated carbocycles. The third-order valence-electron chi connectivity index (χ3n) is 2.99. The Morgan fingerprint density at radius 3 is 3.12 bits per heavy atom. The van der Waals surface area contributed by atoms with Gasteiger partial charge in [0, 0.05) is 24.6 Å². The van der Waals surface area contributed by atoms with Crippen LogP contribution in [0.4, 0.5) is 0 Å².